The Labute approximate surface area is 202 Å². The Hall–Kier alpha value is -2.21. The van der Waals surface area contributed by atoms with Crippen molar-refractivity contribution in [2.45, 2.75) is 115 Å². The molecule has 184 valence electrons. The lowest BCUT2D eigenvalue weighted by Gasteiger charge is -2.44. The molecule has 1 aromatic carbocycles. The van der Waals surface area contributed by atoms with Crippen molar-refractivity contribution in [3.05, 3.63) is 40.3 Å². The molecule has 2 bridgehead atoms. The lowest BCUT2D eigenvalue weighted by molar-refractivity contribution is 0.0491. The highest BCUT2D eigenvalue weighted by molar-refractivity contribution is 5.89. The molecule has 2 aliphatic heterocycles. The molecule has 3 heterocycles. The highest BCUT2D eigenvalue weighted by atomic mass is 16.5. The van der Waals surface area contributed by atoms with Gasteiger partial charge in [0, 0.05) is 24.2 Å². The van der Waals surface area contributed by atoms with Crippen LogP contribution in [0.1, 0.15) is 107 Å². The Kier molecular flexibility index (Phi) is 7.33. The Bertz CT molecular complexity index is 1040. The number of hydrogen-bond donors (Lipinski definition) is 0. The molecule has 1 saturated carbocycles. The van der Waals surface area contributed by atoms with Crippen LogP contribution in [0.25, 0.3) is 11.0 Å². The third-order valence-corrected chi connectivity index (χ3v) is 8.39. The fourth-order valence-corrected chi connectivity index (χ4v) is 6.93. The van der Waals surface area contributed by atoms with E-state index in [4.69, 9.17) is 4.74 Å². The second kappa shape index (κ2) is 10.6. The van der Waals surface area contributed by atoms with Gasteiger partial charge in [0.05, 0.1) is 17.6 Å². The van der Waals surface area contributed by atoms with Crippen LogP contribution in [-0.2, 0) is 4.74 Å². The number of esters is 1. The van der Waals surface area contributed by atoms with E-state index in [9.17, 15) is 9.59 Å². The van der Waals surface area contributed by atoms with Gasteiger partial charge in [0.15, 0.2) is 0 Å². The maximum Gasteiger partial charge on any atom is 0.362 e. The van der Waals surface area contributed by atoms with Gasteiger partial charge in [0.2, 0.25) is 5.69 Å². The van der Waals surface area contributed by atoms with Gasteiger partial charge in [-0.15, -0.1) is 0 Å². The average Bonchev–Trinajstić information content (AvgIpc) is 3.11. The number of nitrogens with zero attached hydrogens (tertiary/aromatic N) is 3. The van der Waals surface area contributed by atoms with Gasteiger partial charge in [-0.3, -0.25) is 9.69 Å². The van der Waals surface area contributed by atoms with Gasteiger partial charge in [-0.05, 0) is 57.6 Å². The number of hydrogen-bond acceptors (Lipinski definition) is 5. The quantitative estimate of drug-likeness (QED) is 0.547. The van der Waals surface area contributed by atoms with Crippen molar-refractivity contribution in [2.75, 3.05) is 6.61 Å². The van der Waals surface area contributed by atoms with Crippen molar-refractivity contribution in [2.24, 2.45) is 0 Å². The van der Waals surface area contributed by atoms with Crippen molar-refractivity contribution in [1.29, 1.82) is 0 Å². The molecule has 0 N–H and O–H groups in total. The zero-order chi connectivity index (χ0) is 23.5. The van der Waals surface area contributed by atoms with Crippen molar-refractivity contribution >= 4 is 17.0 Å². The molecule has 6 nitrogen and oxygen atoms in total. The smallest absolute Gasteiger partial charge is 0.362 e. The van der Waals surface area contributed by atoms with E-state index in [-0.39, 0.29) is 23.9 Å². The molecule has 6 heteroatoms. The van der Waals surface area contributed by atoms with Crippen LogP contribution in [0.4, 0.5) is 0 Å². The van der Waals surface area contributed by atoms with Crippen molar-refractivity contribution in [3.8, 4) is 0 Å². The molecular formula is C28H39N3O3. The number of benzene rings is 1. The number of carbonyl (C=O) groups excluding carboxylic acids is 1. The predicted molar refractivity (Wildman–Crippen MR) is 134 cm³/mol. The summed E-state index contributed by atoms with van der Waals surface area (Å²) in [7, 11) is 0. The van der Waals surface area contributed by atoms with Crippen LogP contribution in [0.2, 0.25) is 0 Å². The third kappa shape index (κ3) is 4.66. The van der Waals surface area contributed by atoms with Gasteiger partial charge in [-0.2, -0.15) is 0 Å². The summed E-state index contributed by atoms with van der Waals surface area (Å²) >= 11 is 0. The van der Waals surface area contributed by atoms with E-state index in [0.717, 1.165) is 18.4 Å². The van der Waals surface area contributed by atoms with E-state index in [1.807, 2.05) is 28.8 Å². The summed E-state index contributed by atoms with van der Waals surface area (Å²) in [5.41, 5.74) is 1.14. The van der Waals surface area contributed by atoms with E-state index in [1.165, 1.54) is 70.6 Å². The molecule has 2 aromatic rings. The highest BCUT2D eigenvalue weighted by Crippen LogP contribution is 2.44. The van der Waals surface area contributed by atoms with Crippen molar-refractivity contribution in [3.63, 3.8) is 0 Å². The van der Waals surface area contributed by atoms with Crippen LogP contribution in [-0.4, -0.2) is 45.2 Å². The molecule has 3 aliphatic rings. The molecule has 5 rings (SSSR count). The van der Waals surface area contributed by atoms with Gasteiger partial charge < -0.3 is 9.30 Å². The molecule has 0 amide bonds. The zero-order valence-electron chi connectivity index (χ0n) is 20.6. The lowest BCUT2D eigenvalue weighted by Crippen LogP contribution is -2.50. The standard InChI is InChI=1S/C28H39N3O3/c1-2-34-28(33)26-27(32)31(25-15-11-10-14-24(25)29-26)23-18-21-16-17-22(19-23)30(21)20-12-8-6-4-3-5-7-9-13-20/h10-11,14-15,20-23H,2-9,12-13,16-19H2,1H3/t21-,22+,23?. The summed E-state index contributed by atoms with van der Waals surface area (Å²) in [5, 5.41) is 0. The molecule has 2 saturated heterocycles. The fourth-order valence-electron chi connectivity index (χ4n) is 6.93. The van der Waals surface area contributed by atoms with E-state index in [0.29, 0.717) is 23.6 Å². The highest BCUT2D eigenvalue weighted by Gasteiger charge is 2.44. The van der Waals surface area contributed by atoms with Crippen LogP contribution in [0.15, 0.2) is 29.1 Å². The minimum atomic E-state index is -0.617. The number of rotatable bonds is 4. The lowest BCUT2D eigenvalue weighted by atomic mass is 9.90. The maximum absolute atomic E-state index is 13.6. The summed E-state index contributed by atoms with van der Waals surface area (Å²) in [6, 6.07) is 9.56. The van der Waals surface area contributed by atoms with E-state index in [2.05, 4.69) is 9.88 Å². The molecule has 0 spiro atoms. The van der Waals surface area contributed by atoms with Gasteiger partial charge in [-0.1, -0.05) is 57.1 Å². The number of carbonyl (C=O) groups is 1. The van der Waals surface area contributed by atoms with Gasteiger partial charge in [-0.25, -0.2) is 9.78 Å². The van der Waals surface area contributed by atoms with Gasteiger partial charge >= 0.3 is 5.97 Å². The average molecular weight is 466 g/mol. The van der Waals surface area contributed by atoms with Crippen LogP contribution < -0.4 is 5.56 Å². The minimum absolute atomic E-state index is 0.0809. The molecule has 0 radical (unpaired) electrons. The maximum atomic E-state index is 13.6. The second-order valence-corrected chi connectivity index (χ2v) is 10.5. The Morgan fingerprint density at radius 3 is 2.15 bits per heavy atom. The second-order valence-electron chi connectivity index (χ2n) is 10.5. The number of aromatic nitrogens is 2. The minimum Gasteiger partial charge on any atom is -0.461 e. The molecule has 1 aromatic heterocycles. The molecule has 1 unspecified atom stereocenters. The Morgan fingerprint density at radius 2 is 1.50 bits per heavy atom. The van der Waals surface area contributed by atoms with E-state index >= 15 is 0 Å². The first-order valence-electron chi connectivity index (χ1n) is 13.6. The van der Waals surface area contributed by atoms with E-state index in [1.54, 1.807) is 6.92 Å². The molecule has 3 atom stereocenters. The van der Waals surface area contributed by atoms with Crippen LogP contribution in [0.5, 0.6) is 0 Å². The first-order chi connectivity index (χ1) is 16.7. The van der Waals surface area contributed by atoms with Crippen LogP contribution in [0, 0.1) is 0 Å². The number of para-hydroxylation sites is 2. The Morgan fingerprint density at radius 1 is 0.882 bits per heavy atom. The first-order valence-corrected chi connectivity index (χ1v) is 13.6. The summed E-state index contributed by atoms with van der Waals surface area (Å²) in [4.78, 5) is 33.4. The summed E-state index contributed by atoms with van der Waals surface area (Å²) in [5.74, 6) is -0.617. The number of piperidine rings is 1. The first kappa shape index (κ1) is 23.5. The molecular weight excluding hydrogens is 426 g/mol. The largest absolute Gasteiger partial charge is 0.461 e. The summed E-state index contributed by atoms with van der Waals surface area (Å²) in [6.45, 7) is 1.99. The van der Waals surface area contributed by atoms with Crippen LogP contribution >= 0.6 is 0 Å². The SMILES string of the molecule is CCOC(=O)c1nc2ccccc2n(C2C[C@H]3CC[C@@H](C2)N3C2CCCCCCCCC2)c1=O. The zero-order valence-corrected chi connectivity index (χ0v) is 20.6. The number of fused-ring (bicyclic) bond motifs is 3. The monoisotopic (exact) mass is 465 g/mol. The molecule has 1 aliphatic carbocycles. The number of ether oxygens (including phenoxy) is 1. The predicted octanol–water partition coefficient (Wildman–Crippen LogP) is 5.63. The van der Waals surface area contributed by atoms with Crippen molar-refractivity contribution < 1.29 is 9.53 Å². The Balaban J connectivity index is 1.43. The van der Waals surface area contributed by atoms with Gasteiger partial charge in [0.1, 0.15) is 0 Å². The summed E-state index contributed by atoms with van der Waals surface area (Å²) in [6.07, 6.45) is 16.7. The molecule has 34 heavy (non-hydrogen) atoms. The van der Waals surface area contributed by atoms with Crippen molar-refractivity contribution in [1.82, 2.24) is 14.5 Å². The topological polar surface area (TPSA) is 64.4 Å². The summed E-state index contributed by atoms with van der Waals surface area (Å²) < 4.78 is 7.05. The van der Waals surface area contributed by atoms with Crippen LogP contribution in [0.3, 0.4) is 0 Å². The van der Waals surface area contributed by atoms with E-state index < -0.39 is 5.97 Å². The fraction of sp³-hybridized carbons (Fsp3) is 0.679. The van der Waals surface area contributed by atoms with Gasteiger partial charge in [0.25, 0.3) is 5.56 Å². The molecule has 3 fully saturated rings. The normalized spacial score (nSPS) is 27.0. The third-order valence-electron chi connectivity index (χ3n) is 8.39.